The van der Waals surface area contributed by atoms with Gasteiger partial charge in [0.25, 0.3) is 10.0 Å². The van der Waals surface area contributed by atoms with Crippen molar-refractivity contribution in [3.05, 3.63) is 29.3 Å². The molecule has 1 amide bonds. The maximum Gasteiger partial charge on any atom is 0.257 e. The van der Waals surface area contributed by atoms with Gasteiger partial charge < -0.3 is 0 Å². The number of fused-ring (bicyclic) bond motifs is 1. The van der Waals surface area contributed by atoms with Gasteiger partial charge in [0.15, 0.2) is 0 Å². The second-order valence-electron chi connectivity index (χ2n) is 5.19. The first-order chi connectivity index (χ1) is 9.44. The molecule has 1 aliphatic rings. The maximum absolute atomic E-state index is 12.1. The average Bonchev–Trinajstić information content (AvgIpc) is 2.91. The van der Waals surface area contributed by atoms with Crippen LogP contribution in [0.2, 0.25) is 0 Å². The maximum atomic E-state index is 12.1. The molecule has 1 atom stereocenters. The summed E-state index contributed by atoms with van der Waals surface area (Å²) in [5.74, 6) is -0.546. The van der Waals surface area contributed by atoms with Crippen molar-refractivity contribution in [2.45, 2.75) is 44.4 Å². The van der Waals surface area contributed by atoms with Crippen LogP contribution in [-0.4, -0.2) is 14.3 Å². The largest absolute Gasteiger partial charge is 0.277 e. The number of rotatable bonds is 5. The zero-order valence-corrected chi connectivity index (χ0v) is 12.6. The molecule has 1 aromatic carbocycles. The first kappa shape index (κ1) is 15.0. The summed E-state index contributed by atoms with van der Waals surface area (Å²) in [6.07, 6.45) is 3.65. The van der Waals surface area contributed by atoms with Gasteiger partial charge in [0.1, 0.15) is 0 Å². The number of hydrazine groups is 1. The van der Waals surface area contributed by atoms with E-state index in [-0.39, 0.29) is 16.7 Å². The molecule has 0 saturated carbocycles. The van der Waals surface area contributed by atoms with E-state index in [1.54, 1.807) is 19.1 Å². The Morgan fingerprint density at radius 3 is 2.70 bits per heavy atom. The average molecular weight is 296 g/mol. The standard InChI is InChI=1S/C14H20N2O3S/c1-3-10(2)14(17)15-16-20(18,19)13-8-7-11-5-4-6-12(11)9-13/h7-10,16H,3-6H2,1-2H3,(H,15,17)/t10-/m1/s1. The van der Waals surface area contributed by atoms with Crippen molar-refractivity contribution in [3.63, 3.8) is 0 Å². The number of hydrogen-bond acceptors (Lipinski definition) is 3. The second kappa shape index (κ2) is 5.93. The summed E-state index contributed by atoms with van der Waals surface area (Å²) in [4.78, 5) is 14.0. The molecule has 0 bridgehead atoms. The molecule has 2 N–H and O–H groups in total. The number of carbonyl (C=O) groups excluding carboxylic acids is 1. The molecule has 1 aromatic rings. The lowest BCUT2D eigenvalue weighted by atomic mass is 10.1. The highest BCUT2D eigenvalue weighted by Gasteiger charge is 2.20. The van der Waals surface area contributed by atoms with E-state index in [1.807, 2.05) is 13.0 Å². The number of hydrogen-bond donors (Lipinski definition) is 2. The molecule has 0 heterocycles. The van der Waals surface area contributed by atoms with Gasteiger partial charge >= 0.3 is 0 Å². The minimum Gasteiger partial charge on any atom is -0.277 e. The normalized spacial score (nSPS) is 15.7. The fourth-order valence-corrected chi connectivity index (χ4v) is 3.10. The van der Waals surface area contributed by atoms with Crippen molar-refractivity contribution in [2.75, 3.05) is 0 Å². The van der Waals surface area contributed by atoms with Crippen molar-refractivity contribution in [1.82, 2.24) is 10.3 Å². The summed E-state index contributed by atoms with van der Waals surface area (Å²) < 4.78 is 24.2. The molecule has 0 radical (unpaired) electrons. The molecule has 110 valence electrons. The molecule has 0 saturated heterocycles. The van der Waals surface area contributed by atoms with Crippen LogP contribution in [0, 0.1) is 5.92 Å². The first-order valence-corrected chi connectivity index (χ1v) is 8.36. The molecule has 20 heavy (non-hydrogen) atoms. The summed E-state index contributed by atoms with van der Waals surface area (Å²) in [5.41, 5.74) is 4.56. The zero-order valence-electron chi connectivity index (χ0n) is 11.8. The van der Waals surface area contributed by atoms with Gasteiger partial charge in [0.05, 0.1) is 4.90 Å². The minimum absolute atomic E-state index is 0.197. The van der Waals surface area contributed by atoms with Crippen LogP contribution in [0.25, 0.3) is 0 Å². The molecule has 5 nitrogen and oxygen atoms in total. The highest BCUT2D eigenvalue weighted by molar-refractivity contribution is 7.89. The predicted molar refractivity (Wildman–Crippen MR) is 76.4 cm³/mol. The third kappa shape index (κ3) is 3.19. The number of sulfonamides is 1. The van der Waals surface area contributed by atoms with Crippen LogP contribution < -0.4 is 10.3 Å². The highest BCUT2D eigenvalue weighted by atomic mass is 32.2. The fourth-order valence-electron chi connectivity index (χ4n) is 2.20. The number of nitrogens with one attached hydrogen (secondary N) is 2. The van der Waals surface area contributed by atoms with Gasteiger partial charge in [-0.3, -0.25) is 10.2 Å². The molecule has 2 rings (SSSR count). The number of carbonyl (C=O) groups is 1. The number of aryl methyl sites for hydroxylation is 2. The van der Waals surface area contributed by atoms with Crippen LogP contribution in [-0.2, 0) is 27.7 Å². The Bertz CT molecular complexity index is 611. The van der Waals surface area contributed by atoms with Gasteiger partial charge in [-0.15, -0.1) is 4.83 Å². The van der Waals surface area contributed by atoms with E-state index in [1.165, 1.54) is 5.56 Å². The van der Waals surface area contributed by atoms with E-state index in [2.05, 4.69) is 10.3 Å². The molecule has 0 aromatic heterocycles. The third-order valence-electron chi connectivity index (χ3n) is 3.75. The SMILES string of the molecule is CC[C@@H](C)C(=O)NNS(=O)(=O)c1ccc2c(c1)CCC2. The lowest BCUT2D eigenvalue weighted by molar-refractivity contribution is -0.125. The molecule has 0 fully saturated rings. The Kier molecular flexibility index (Phi) is 4.45. The Balaban J connectivity index is 2.09. The Morgan fingerprint density at radius 1 is 1.30 bits per heavy atom. The van der Waals surface area contributed by atoms with Gasteiger partial charge in [0.2, 0.25) is 5.91 Å². The monoisotopic (exact) mass is 296 g/mol. The van der Waals surface area contributed by atoms with Crippen LogP contribution in [0.5, 0.6) is 0 Å². The van der Waals surface area contributed by atoms with Crippen LogP contribution in [0.3, 0.4) is 0 Å². The van der Waals surface area contributed by atoms with Crippen molar-refractivity contribution in [2.24, 2.45) is 5.92 Å². The number of benzene rings is 1. The van der Waals surface area contributed by atoms with Crippen molar-refractivity contribution >= 4 is 15.9 Å². The van der Waals surface area contributed by atoms with Crippen LogP contribution in [0.1, 0.15) is 37.8 Å². The quantitative estimate of drug-likeness (QED) is 0.809. The van der Waals surface area contributed by atoms with Crippen molar-refractivity contribution in [3.8, 4) is 0 Å². The number of amides is 1. The van der Waals surface area contributed by atoms with E-state index < -0.39 is 10.0 Å². The molecule has 0 unspecified atom stereocenters. The minimum atomic E-state index is -3.70. The molecule has 6 heteroatoms. The molecule has 1 aliphatic carbocycles. The predicted octanol–water partition coefficient (Wildman–Crippen LogP) is 1.53. The van der Waals surface area contributed by atoms with E-state index in [4.69, 9.17) is 0 Å². The van der Waals surface area contributed by atoms with Gasteiger partial charge in [-0.2, -0.15) is 0 Å². The van der Waals surface area contributed by atoms with Crippen LogP contribution in [0.4, 0.5) is 0 Å². The summed E-state index contributed by atoms with van der Waals surface area (Å²) in [6, 6.07) is 5.13. The van der Waals surface area contributed by atoms with Gasteiger partial charge in [0, 0.05) is 5.92 Å². The second-order valence-corrected chi connectivity index (χ2v) is 6.87. The topological polar surface area (TPSA) is 75.3 Å². The van der Waals surface area contributed by atoms with E-state index in [0.29, 0.717) is 6.42 Å². The van der Waals surface area contributed by atoms with Gasteiger partial charge in [-0.1, -0.05) is 19.9 Å². The summed E-state index contributed by atoms with van der Waals surface area (Å²) in [5, 5.41) is 0. The lowest BCUT2D eigenvalue weighted by Crippen LogP contribution is -2.43. The van der Waals surface area contributed by atoms with E-state index in [0.717, 1.165) is 24.8 Å². The Labute approximate surface area is 119 Å². The smallest absolute Gasteiger partial charge is 0.257 e. The summed E-state index contributed by atoms with van der Waals surface area (Å²) in [7, 11) is -3.70. The summed E-state index contributed by atoms with van der Waals surface area (Å²) in [6.45, 7) is 3.62. The van der Waals surface area contributed by atoms with Crippen LogP contribution >= 0.6 is 0 Å². The van der Waals surface area contributed by atoms with E-state index >= 15 is 0 Å². The molecular formula is C14H20N2O3S. The molecular weight excluding hydrogens is 276 g/mol. The van der Waals surface area contributed by atoms with Crippen LogP contribution in [0.15, 0.2) is 23.1 Å². The lowest BCUT2D eigenvalue weighted by Gasteiger charge is -2.12. The highest BCUT2D eigenvalue weighted by Crippen LogP contribution is 2.24. The Hall–Kier alpha value is -1.40. The van der Waals surface area contributed by atoms with Gasteiger partial charge in [-0.05, 0) is 48.9 Å². The fraction of sp³-hybridized carbons (Fsp3) is 0.500. The molecule has 0 spiro atoms. The van der Waals surface area contributed by atoms with Crippen molar-refractivity contribution in [1.29, 1.82) is 0 Å². The van der Waals surface area contributed by atoms with Gasteiger partial charge in [-0.25, -0.2) is 8.42 Å². The zero-order chi connectivity index (χ0) is 14.8. The first-order valence-electron chi connectivity index (χ1n) is 6.87. The Morgan fingerprint density at radius 2 is 2.00 bits per heavy atom. The summed E-state index contributed by atoms with van der Waals surface area (Å²) >= 11 is 0. The van der Waals surface area contributed by atoms with E-state index in [9.17, 15) is 13.2 Å². The van der Waals surface area contributed by atoms with Crippen molar-refractivity contribution < 1.29 is 13.2 Å². The third-order valence-corrected chi connectivity index (χ3v) is 4.99. The molecule has 0 aliphatic heterocycles.